The molecule has 118 valence electrons. The minimum atomic E-state index is -3.46. The van der Waals surface area contributed by atoms with Crippen molar-refractivity contribution in [3.05, 3.63) is 33.8 Å². The molecule has 1 aromatic carbocycles. The first-order valence-electron chi connectivity index (χ1n) is 7.02. The highest BCUT2D eigenvalue weighted by Crippen LogP contribution is 2.31. The van der Waals surface area contributed by atoms with Crippen LogP contribution in [0.2, 0.25) is 10.0 Å². The molecule has 1 unspecified atom stereocenters. The SMILES string of the molecule is CC(c1ccc(Cl)cc1Cl)N(C)S(=O)(=O)N1CCCCC1. The fraction of sp³-hybridized carbons (Fsp3) is 0.571. The minimum absolute atomic E-state index is 0.346. The summed E-state index contributed by atoms with van der Waals surface area (Å²) >= 11 is 12.1. The lowest BCUT2D eigenvalue weighted by Crippen LogP contribution is -2.45. The van der Waals surface area contributed by atoms with Crippen LogP contribution in [0.5, 0.6) is 0 Å². The lowest BCUT2D eigenvalue weighted by atomic mass is 10.1. The van der Waals surface area contributed by atoms with E-state index in [2.05, 4.69) is 0 Å². The van der Waals surface area contributed by atoms with Crippen molar-refractivity contribution in [3.8, 4) is 0 Å². The molecule has 7 heteroatoms. The first-order valence-corrected chi connectivity index (χ1v) is 9.17. The molecule has 1 aliphatic rings. The quantitative estimate of drug-likeness (QED) is 0.830. The van der Waals surface area contributed by atoms with Crippen LogP contribution in [0.4, 0.5) is 0 Å². The number of nitrogens with zero attached hydrogens (tertiary/aromatic N) is 2. The molecule has 1 aliphatic heterocycles. The van der Waals surface area contributed by atoms with Crippen molar-refractivity contribution in [2.75, 3.05) is 20.1 Å². The second-order valence-corrected chi connectivity index (χ2v) is 8.16. The van der Waals surface area contributed by atoms with Crippen molar-refractivity contribution < 1.29 is 8.42 Å². The average Bonchev–Trinajstić information content (AvgIpc) is 2.46. The number of benzene rings is 1. The van der Waals surface area contributed by atoms with E-state index in [1.54, 1.807) is 29.6 Å². The van der Waals surface area contributed by atoms with Gasteiger partial charge in [0.2, 0.25) is 0 Å². The molecule has 0 amide bonds. The van der Waals surface area contributed by atoms with Crippen LogP contribution >= 0.6 is 23.2 Å². The first-order chi connectivity index (χ1) is 9.84. The molecule has 1 heterocycles. The summed E-state index contributed by atoms with van der Waals surface area (Å²) < 4.78 is 28.3. The first kappa shape index (κ1) is 17.0. The summed E-state index contributed by atoms with van der Waals surface area (Å²) in [6.45, 7) is 3.01. The van der Waals surface area contributed by atoms with Gasteiger partial charge in [-0.25, -0.2) is 0 Å². The van der Waals surface area contributed by atoms with Gasteiger partial charge in [-0.05, 0) is 37.5 Å². The maximum absolute atomic E-state index is 12.7. The van der Waals surface area contributed by atoms with E-state index in [4.69, 9.17) is 23.2 Å². The minimum Gasteiger partial charge on any atom is -0.195 e. The molecule has 0 radical (unpaired) electrons. The van der Waals surface area contributed by atoms with Gasteiger partial charge in [-0.3, -0.25) is 0 Å². The van der Waals surface area contributed by atoms with E-state index < -0.39 is 10.2 Å². The predicted molar refractivity (Wildman–Crippen MR) is 87.0 cm³/mol. The molecule has 0 aromatic heterocycles. The van der Waals surface area contributed by atoms with Crippen LogP contribution in [0.1, 0.15) is 37.8 Å². The third-order valence-electron chi connectivity index (χ3n) is 3.96. The number of rotatable bonds is 4. The molecule has 1 atom stereocenters. The lowest BCUT2D eigenvalue weighted by Gasteiger charge is -2.33. The van der Waals surface area contributed by atoms with E-state index in [9.17, 15) is 8.42 Å². The summed E-state index contributed by atoms with van der Waals surface area (Å²) in [5.74, 6) is 0. The summed E-state index contributed by atoms with van der Waals surface area (Å²) in [7, 11) is -1.86. The normalized spacial score (nSPS) is 18.9. The fourth-order valence-electron chi connectivity index (χ4n) is 2.51. The van der Waals surface area contributed by atoms with Gasteiger partial charge in [0.1, 0.15) is 0 Å². The summed E-state index contributed by atoms with van der Waals surface area (Å²) in [4.78, 5) is 0. The average molecular weight is 351 g/mol. The zero-order valence-corrected chi connectivity index (χ0v) is 14.5. The molecule has 1 fully saturated rings. The highest BCUT2D eigenvalue weighted by Gasteiger charge is 2.32. The van der Waals surface area contributed by atoms with Gasteiger partial charge < -0.3 is 0 Å². The van der Waals surface area contributed by atoms with Crippen LogP contribution in [0, 0.1) is 0 Å². The molecule has 0 spiro atoms. The van der Waals surface area contributed by atoms with E-state index in [0.29, 0.717) is 23.1 Å². The third-order valence-corrected chi connectivity index (χ3v) is 6.59. The Morgan fingerprint density at radius 1 is 1.19 bits per heavy atom. The van der Waals surface area contributed by atoms with Crippen LogP contribution in [-0.4, -0.2) is 37.2 Å². The molecule has 2 rings (SSSR count). The molecule has 0 bridgehead atoms. The number of hydrogen-bond donors (Lipinski definition) is 0. The smallest absolute Gasteiger partial charge is 0.195 e. The Balaban J connectivity index is 2.23. The molecule has 4 nitrogen and oxygen atoms in total. The van der Waals surface area contributed by atoms with E-state index in [1.807, 2.05) is 6.92 Å². The summed E-state index contributed by atoms with van der Waals surface area (Å²) in [5, 5.41) is 1.02. The Morgan fingerprint density at radius 3 is 2.38 bits per heavy atom. The van der Waals surface area contributed by atoms with Gasteiger partial charge in [-0.1, -0.05) is 35.7 Å². The Bertz CT molecular complexity index is 601. The summed E-state index contributed by atoms with van der Waals surface area (Å²) in [5.41, 5.74) is 0.754. The highest BCUT2D eigenvalue weighted by molar-refractivity contribution is 7.86. The second-order valence-electron chi connectivity index (χ2n) is 5.33. The topological polar surface area (TPSA) is 40.6 Å². The van der Waals surface area contributed by atoms with Crippen LogP contribution in [0.25, 0.3) is 0 Å². The van der Waals surface area contributed by atoms with E-state index >= 15 is 0 Å². The monoisotopic (exact) mass is 350 g/mol. The van der Waals surface area contributed by atoms with Crippen LogP contribution in [-0.2, 0) is 10.2 Å². The van der Waals surface area contributed by atoms with Crippen molar-refractivity contribution in [2.24, 2.45) is 0 Å². The summed E-state index contributed by atoms with van der Waals surface area (Å²) in [6.07, 6.45) is 2.93. The number of piperidine rings is 1. The largest absolute Gasteiger partial charge is 0.282 e. The van der Waals surface area contributed by atoms with Crippen molar-refractivity contribution in [1.29, 1.82) is 0 Å². The Labute approximate surface area is 136 Å². The molecule has 0 saturated carbocycles. The van der Waals surface area contributed by atoms with Gasteiger partial charge >= 0.3 is 0 Å². The van der Waals surface area contributed by atoms with Crippen molar-refractivity contribution >= 4 is 33.4 Å². The zero-order chi connectivity index (χ0) is 15.6. The van der Waals surface area contributed by atoms with Gasteiger partial charge in [0.25, 0.3) is 10.2 Å². The second kappa shape index (κ2) is 6.84. The van der Waals surface area contributed by atoms with Crippen LogP contribution in [0.15, 0.2) is 18.2 Å². The van der Waals surface area contributed by atoms with Crippen LogP contribution in [0.3, 0.4) is 0 Å². The maximum atomic E-state index is 12.7. The maximum Gasteiger partial charge on any atom is 0.282 e. The molecule has 0 N–H and O–H groups in total. The van der Waals surface area contributed by atoms with E-state index in [1.165, 1.54) is 4.31 Å². The van der Waals surface area contributed by atoms with Crippen molar-refractivity contribution in [3.63, 3.8) is 0 Å². The number of hydrogen-bond acceptors (Lipinski definition) is 2. The van der Waals surface area contributed by atoms with Gasteiger partial charge in [-0.2, -0.15) is 17.0 Å². The lowest BCUT2D eigenvalue weighted by molar-refractivity contribution is 0.297. The molecule has 0 aliphatic carbocycles. The van der Waals surface area contributed by atoms with Gasteiger partial charge in [0, 0.05) is 36.2 Å². The molecular weight excluding hydrogens is 331 g/mol. The molecular formula is C14H20Cl2N2O2S. The van der Waals surface area contributed by atoms with Gasteiger partial charge in [0.05, 0.1) is 0 Å². The third kappa shape index (κ3) is 3.71. The molecule has 21 heavy (non-hydrogen) atoms. The standard InChI is InChI=1S/C14H20Cl2N2O2S/c1-11(13-7-6-12(15)10-14(13)16)17(2)21(19,20)18-8-4-3-5-9-18/h6-7,10-11H,3-5,8-9H2,1-2H3. The van der Waals surface area contributed by atoms with Crippen molar-refractivity contribution in [1.82, 2.24) is 8.61 Å². The number of halogens is 2. The van der Waals surface area contributed by atoms with Gasteiger partial charge in [0.15, 0.2) is 0 Å². The van der Waals surface area contributed by atoms with Crippen molar-refractivity contribution in [2.45, 2.75) is 32.2 Å². The van der Waals surface area contributed by atoms with E-state index in [0.717, 1.165) is 24.8 Å². The molecule has 1 saturated heterocycles. The Hall–Kier alpha value is -0.330. The van der Waals surface area contributed by atoms with Gasteiger partial charge in [-0.15, -0.1) is 0 Å². The summed E-state index contributed by atoms with van der Waals surface area (Å²) in [6, 6.07) is 4.79. The van der Waals surface area contributed by atoms with Crippen LogP contribution < -0.4 is 0 Å². The zero-order valence-electron chi connectivity index (χ0n) is 12.2. The highest BCUT2D eigenvalue weighted by atomic mass is 35.5. The van der Waals surface area contributed by atoms with E-state index in [-0.39, 0.29) is 6.04 Å². The predicted octanol–water partition coefficient (Wildman–Crippen LogP) is 3.72. The Kier molecular flexibility index (Phi) is 5.54. The fourth-order valence-corrected chi connectivity index (χ4v) is 4.68. The Morgan fingerprint density at radius 2 is 1.81 bits per heavy atom. The molecule has 1 aromatic rings.